The van der Waals surface area contributed by atoms with Crippen LogP contribution in [0.15, 0.2) is 48.5 Å². The molecule has 0 aliphatic heterocycles. The van der Waals surface area contributed by atoms with E-state index in [1.165, 1.54) is 6.92 Å². The first-order chi connectivity index (χ1) is 12.0. The maximum absolute atomic E-state index is 11.9. The van der Waals surface area contributed by atoms with Gasteiger partial charge in [0.15, 0.2) is 6.61 Å². The number of nitrogens with one attached hydrogen (secondary N) is 1. The van der Waals surface area contributed by atoms with E-state index in [0.29, 0.717) is 17.9 Å². The van der Waals surface area contributed by atoms with Gasteiger partial charge in [0, 0.05) is 13.5 Å². The first-order valence-corrected chi connectivity index (χ1v) is 7.82. The SMILES string of the molecule is CCNC(=O)COC(=O)c1ccc(-c2ccc(OC(C)=O)cc2)cc1. The van der Waals surface area contributed by atoms with E-state index in [2.05, 4.69) is 5.32 Å². The van der Waals surface area contributed by atoms with E-state index in [-0.39, 0.29) is 18.5 Å². The summed E-state index contributed by atoms with van der Waals surface area (Å²) >= 11 is 0. The number of amides is 1. The Balaban J connectivity index is 2.00. The summed E-state index contributed by atoms with van der Waals surface area (Å²) in [5, 5.41) is 2.55. The molecule has 0 saturated carbocycles. The van der Waals surface area contributed by atoms with Crippen LogP contribution < -0.4 is 10.1 Å². The minimum atomic E-state index is -0.553. The second-order valence-corrected chi connectivity index (χ2v) is 5.23. The summed E-state index contributed by atoms with van der Waals surface area (Å²) in [5.41, 5.74) is 2.18. The first kappa shape index (κ1) is 18.2. The number of hydrogen-bond donors (Lipinski definition) is 1. The van der Waals surface area contributed by atoms with Crippen molar-refractivity contribution in [1.82, 2.24) is 5.32 Å². The lowest BCUT2D eigenvalue weighted by atomic mass is 10.0. The monoisotopic (exact) mass is 341 g/mol. The number of carbonyl (C=O) groups is 3. The number of esters is 2. The van der Waals surface area contributed by atoms with Gasteiger partial charge in [0.25, 0.3) is 5.91 Å². The molecule has 2 aromatic carbocycles. The molecule has 0 radical (unpaired) electrons. The average Bonchev–Trinajstić information content (AvgIpc) is 2.60. The molecule has 130 valence electrons. The molecule has 6 nitrogen and oxygen atoms in total. The first-order valence-electron chi connectivity index (χ1n) is 7.82. The molecule has 0 aliphatic carbocycles. The van der Waals surface area contributed by atoms with E-state index < -0.39 is 5.97 Å². The standard InChI is InChI=1S/C19H19NO5/c1-3-20-18(22)12-24-19(23)16-6-4-14(5-7-16)15-8-10-17(11-9-15)25-13(2)21/h4-11H,3,12H2,1-2H3,(H,20,22). The van der Waals surface area contributed by atoms with Crippen LogP contribution >= 0.6 is 0 Å². The number of carbonyl (C=O) groups excluding carboxylic acids is 3. The Hall–Kier alpha value is -3.15. The van der Waals surface area contributed by atoms with Gasteiger partial charge in [-0.3, -0.25) is 9.59 Å². The third-order valence-corrected chi connectivity index (χ3v) is 3.28. The topological polar surface area (TPSA) is 81.7 Å². The highest BCUT2D eigenvalue weighted by Crippen LogP contribution is 2.23. The molecule has 2 aromatic rings. The summed E-state index contributed by atoms with van der Waals surface area (Å²) in [6.45, 7) is 3.32. The van der Waals surface area contributed by atoms with Gasteiger partial charge in [0.2, 0.25) is 0 Å². The van der Waals surface area contributed by atoms with Gasteiger partial charge >= 0.3 is 11.9 Å². The highest BCUT2D eigenvalue weighted by Gasteiger charge is 2.10. The third-order valence-electron chi connectivity index (χ3n) is 3.28. The zero-order chi connectivity index (χ0) is 18.2. The van der Waals surface area contributed by atoms with E-state index in [1.54, 1.807) is 43.3 Å². The summed E-state index contributed by atoms with van der Waals surface area (Å²) in [4.78, 5) is 34.1. The molecule has 0 heterocycles. The number of rotatable bonds is 6. The van der Waals surface area contributed by atoms with Crippen molar-refractivity contribution in [3.05, 3.63) is 54.1 Å². The van der Waals surface area contributed by atoms with Crippen molar-refractivity contribution in [1.29, 1.82) is 0 Å². The molecule has 0 bridgehead atoms. The van der Waals surface area contributed by atoms with Gasteiger partial charge in [-0.05, 0) is 42.3 Å². The molecule has 1 amide bonds. The second kappa shape index (κ2) is 8.63. The van der Waals surface area contributed by atoms with Crippen molar-refractivity contribution in [2.75, 3.05) is 13.2 Å². The lowest BCUT2D eigenvalue weighted by molar-refractivity contribution is -0.131. The van der Waals surface area contributed by atoms with E-state index in [9.17, 15) is 14.4 Å². The number of benzene rings is 2. The zero-order valence-corrected chi connectivity index (χ0v) is 14.1. The number of hydrogen-bond acceptors (Lipinski definition) is 5. The van der Waals surface area contributed by atoms with Gasteiger partial charge in [-0.2, -0.15) is 0 Å². The van der Waals surface area contributed by atoms with E-state index in [1.807, 2.05) is 12.1 Å². The molecule has 2 rings (SSSR count). The van der Waals surface area contributed by atoms with Gasteiger partial charge in [-0.1, -0.05) is 24.3 Å². The van der Waals surface area contributed by atoms with Crippen molar-refractivity contribution in [2.24, 2.45) is 0 Å². The van der Waals surface area contributed by atoms with E-state index in [4.69, 9.17) is 9.47 Å². The minimum absolute atomic E-state index is 0.300. The highest BCUT2D eigenvalue weighted by atomic mass is 16.5. The maximum atomic E-state index is 11.9. The Morgan fingerprint density at radius 1 is 0.920 bits per heavy atom. The molecule has 25 heavy (non-hydrogen) atoms. The highest BCUT2D eigenvalue weighted by molar-refractivity contribution is 5.91. The van der Waals surface area contributed by atoms with Crippen LogP contribution in [0.5, 0.6) is 5.75 Å². The van der Waals surface area contributed by atoms with Gasteiger partial charge < -0.3 is 14.8 Å². The van der Waals surface area contributed by atoms with Crippen molar-refractivity contribution in [3.63, 3.8) is 0 Å². The Labute approximate surface area is 145 Å². The summed E-state index contributed by atoms with van der Waals surface area (Å²) in [6, 6.07) is 13.9. The summed E-state index contributed by atoms with van der Waals surface area (Å²) < 4.78 is 9.93. The normalized spacial score (nSPS) is 10.0. The van der Waals surface area contributed by atoms with Crippen LogP contribution in [0.3, 0.4) is 0 Å². The van der Waals surface area contributed by atoms with E-state index >= 15 is 0 Å². The van der Waals surface area contributed by atoms with Crippen LogP contribution in [0, 0.1) is 0 Å². The molecule has 0 unspecified atom stereocenters. The molecule has 6 heteroatoms. The molecule has 0 spiro atoms. The van der Waals surface area contributed by atoms with Gasteiger partial charge in [0.05, 0.1) is 5.56 Å². The largest absolute Gasteiger partial charge is 0.452 e. The quantitative estimate of drug-likeness (QED) is 0.645. The summed E-state index contributed by atoms with van der Waals surface area (Å²) in [7, 11) is 0. The lowest BCUT2D eigenvalue weighted by Gasteiger charge is -2.07. The molecular weight excluding hydrogens is 322 g/mol. The molecule has 0 aliphatic rings. The predicted molar refractivity (Wildman–Crippen MR) is 92.2 cm³/mol. The van der Waals surface area contributed by atoms with Crippen molar-refractivity contribution < 1.29 is 23.9 Å². The molecule has 0 atom stereocenters. The smallest absolute Gasteiger partial charge is 0.338 e. The minimum Gasteiger partial charge on any atom is -0.452 e. The zero-order valence-electron chi connectivity index (χ0n) is 14.1. The van der Waals surface area contributed by atoms with E-state index in [0.717, 1.165) is 11.1 Å². The Morgan fingerprint density at radius 3 is 2.00 bits per heavy atom. The maximum Gasteiger partial charge on any atom is 0.338 e. The Morgan fingerprint density at radius 2 is 1.48 bits per heavy atom. The summed E-state index contributed by atoms with van der Waals surface area (Å²) in [5.74, 6) is -0.784. The third kappa shape index (κ3) is 5.46. The van der Waals surface area contributed by atoms with Crippen molar-refractivity contribution >= 4 is 17.8 Å². The number of ether oxygens (including phenoxy) is 2. The Bertz CT molecular complexity index is 750. The average molecular weight is 341 g/mol. The molecule has 0 aromatic heterocycles. The van der Waals surface area contributed by atoms with Gasteiger partial charge in [0.1, 0.15) is 5.75 Å². The second-order valence-electron chi connectivity index (χ2n) is 5.23. The van der Waals surface area contributed by atoms with Crippen LogP contribution in [0.1, 0.15) is 24.2 Å². The fourth-order valence-electron chi connectivity index (χ4n) is 2.14. The van der Waals surface area contributed by atoms with Crippen LogP contribution in [-0.4, -0.2) is 31.0 Å². The fourth-order valence-corrected chi connectivity index (χ4v) is 2.14. The molecule has 1 N–H and O–H groups in total. The van der Waals surface area contributed by atoms with Crippen molar-refractivity contribution in [3.8, 4) is 16.9 Å². The molecule has 0 saturated heterocycles. The van der Waals surface area contributed by atoms with Crippen LogP contribution in [0.2, 0.25) is 0 Å². The molecule has 0 fully saturated rings. The van der Waals surface area contributed by atoms with Crippen molar-refractivity contribution in [2.45, 2.75) is 13.8 Å². The van der Waals surface area contributed by atoms with Gasteiger partial charge in [-0.25, -0.2) is 4.79 Å². The lowest BCUT2D eigenvalue weighted by Crippen LogP contribution is -2.28. The van der Waals surface area contributed by atoms with Gasteiger partial charge in [-0.15, -0.1) is 0 Å². The number of likely N-dealkylation sites (N-methyl/N-ethyl adjacent to an activating group) is 1. The fraction of sp³-hybridized carbons (Fsp3) is 0.211. The predicted octanol–water partition coefficient (Wildman–Crippen LogP) is 2.57. The van der Waals surface area contributed by atoms with Crippen LogP contribution in [-0.2, 0) is 14.3 Å². The molecular formula is C19H19NO5. The van der Waals surface area contributed by atoms with Crippen LogP contribution in [0.4, 0.5) is 0 Å². The summed E-state index contributed by atoms with van der Waals surface area (Å²) in [6.07, 6.45) is 0. The Kier molecular flexibility index (Phi) is 6.28. The van der Waals surface area contributed by atoms with Crippen LogP contribution in [0.25, 0.3) is 11.1 Å².